The number of ether oxygens (including phenoxy) is 1. The predicted molar refractivity (Wildman–Crippen MR) is 88.8 cm³/mol. The molecule has 0 spiro atoms. The van der Waals surface area contributed by atoms with Gasteiger partial charge < -0.3 is 10.1 Å². The molecule has 7 heteroatoms. The van der Waals surface area contributed by atoms with Gasteiger partial charge in [-0.3, -0.25) is 9.20 Å². The Kier molecular flexibility index (Phi) is 4.41. The van der Waals surface area contributed by atoms with Gasteiger partial charge in [0.1, 0.15) is 5.75 Å². The minimum atomic E-state index is -0.218. The molecule has 1 N–H and O–H groups in total. The zero-order valence-electron chi connectivity index (χ0n) is 13.9. The molecule has 3 aromatic rings. The first-order valence-electron chi connectivity index (χ1n) is 7.67. The summed E-state index contributed by atoms with van der Waals surface area (Å²) in [5, 5.41) is 10.9. The molecular weight excluding hydrogens is 306 g/mol. The molecule has 0 fully saturated rings. The molecular formula is C17H19N5O2. The standard InChI is InChI=1S/C17H19N5O2/c1-11-4-6-14(7-5-11)24-10-16(23)18-9-15-20-21-17-19-12(2)8-13(3)22(15)17/h4-8H,9-10H2,1-3H3,(H,18,23). The van der Waals surface area contributed by atoms with E-state index in [0.717, 1.165) is 17.0 Å². The van der Waals surface area contributed by atoms with Crippen LogP contribution in [-0.2, 0) is 11.3 Å². The summed E-state index contributed by atoms with van der Waals surface area (Å²) in [7, 11) is 0. The fraction of sp³-hybridized carbons (Fsp3) is 0.294. The van der Waals surface area contributed by atoms with Gasteiger partial charge in [-0.25, -0.2) is 4.98 Å². The average molecular weight is 325 g/mol. The zero-order chi connectivity index (χ0) is 17.1. The summed E-state index contributed by atoms with van der Waals surface area (Å²) < 4.78 is 7.28. The highest BCUT2D eigenvalue weighted by molar-refractivity contribution is 5.77. The van der Waals surface area contributed by atoms with E-state index in [9.17, 15) is 4.79 Å². The minimum Gasteiger partial charge on any atom is -0.484 e. The highest BCUT2D eigenvalue weighted by atomic mass is 16.5. The molecule has 24 heavy (non-hydrogen) atoms. The number of hydrogen-bond acceptors (Lipinski definition) is 5. The smallest absolute Gasteiger partial charge is 0.258 e. The van der Waals surface area contributed by atoms with Crippen molar-refractivity contribution in [2.24, 2.45) is 0 Å². The highest BCUT2D eigenvalue weighted by Crippen LogP contribution is 2.11. The molecule has 2 heterocycles. The summed E-state index contributed by atoms with van der Waals surface area (Å²) in [4.78, 5) is 16.3. The number of carbonyl (C=O) groups excluding carboxylic acids is 1. The van der Waals surface area contributed by atoms with Gasteiger partial charge in [0.25, 0.3) is 11.7 Å². The van der Waals surface area contributed by atoms with E-state index in [4.69, 9.17) is 4.74 Å². The van der Waals surface area contributed by atoms with Gasteiger partial charge in [-0.1, -0.05) is 17.7 Å². The zero-order valence-corrected chi connectivity index (χ0v) is 13.9. The number of carbonyl (C=O) groups is 1. The van der Waals surface area contributed by atoms with Gasteiger partial charge in [-0.2, -0.15) is 0 Å². The van der Waals surface area contributed by atoms with Crippen molar-refractivity contribution in [1.82, 2.24) is 24.9 Å². The molecule has 0 saturated heterocycles. The van der Waals surface area contributed by atoms with E-state index in [1.807, 2.05) is 55.5 Å². The second-order valence-corrected chi connectivity index (χ2v) is 5.67. The summed E-state index contributed by atoms with van der Waals surface area (Å²) in [6, 6.07) is 9.50. The van der Waals surface area contributed by atoms with E-state index in [1.165, 1.54) is 0 Å². The largest absolute Gasteiger partial charge is 0.484 e. The molecule has 0 aliphatic heterocycles. The van der Waals surface area contributed by atoms with Crippen LogP contribution in [0.5, 0.6) is 5.75 Å². The van der Waals surface area contributed by atoms with E-state index in [1.54, 1.807) is 0 Å². The molecule has 124 valence electrons. The minimum absolute atomic E-state index is 0.0455. The molecule has 0 unspecified atom stereocenters. The first kappa shape index (κ1) is 15.9. The van der Waals surface area contributed by atoms with Crippen LogP contribution in [0.2, 0.25) is 0 Å². The monoisotopic (exact) mass is 325 g/mol. The number of nitrogens with one attached hydrogen (secondary N) is 1. The maximum absolute atomic E-state index is 11.9. The fourth-order valence-electron chi connectivity index (χ4n) is 2.42. The Balaban J connectivity index is 1.59. The van der Waals surface area contributed by atoms with Crippen LogP contribution in [0.1, 0.15) is 22.8 Å². The molecule has 0 radical (unpaired) electrons. The number of amides is 1. The number of aryl methyl sites for hydroxylation is 3. The number of benzene rings is 1. The molecule has 0 bridgehead atoms. The number of rotatable bonds is 5. The van der Waals surface area contributed by atoms with Crippen molar-refractivity contribution < 1.29 is 9.53 Å². The molecule has 0 saturated carbocycles. The summed E-state index contributed by atoms with van der Waals surface area (Å²) in [6.07, 6.45) is 0. The van der Waals surface area contributed by atoms with Crippen LogP contribution in [0.25, 0.3) is 5.78 Å². The van der Waals surface area contributed by atoms with E-state index >= 15 is 0 Å². The molecule has 7 nitrogen and oxygen atoms in total. The van der Waals surface area contributed by atoms with Crippen molar-refractivity contribution in [2.45, 2.75) is 27.3 Å². The Morgan fingerprint density at radius 3 is 2.67 bits per heavy atom. The molecule has 1 amide bonds. The van der Waals surface area contributed by atoms with Crippen LogP contribution in [0.3, 0.4) is 0 Å². The lowest BCUT2D eigenvalue weighted by Crippen LogP contribution is -2.29. The molecule has 3 rings (SSSR count). The number of aromatic nitrogens is 4. The maximum Gasteiger partial charge on any atom is 0.258 e. The second-order valence-electron chi connectivity index (χ2n) is 5.67. The van der Waals surface area contributed by atoms with Gasteiger partial charge in [0.15, 0.2) is 12.4 Å². The summed E-state index contributed by atoms with van der Waals surface area (Å²) >= 11 is 0. The van der Waals surface area contributed by atoms with Crippen LogP contribution >= 0.6 is 0 Å². The van der Waals surface area contributed by atoms with Crippen molar-refractivity contribution in [2.75, 3.05) is 6.61 Å². The third kappa shape index (κ3) is 3.51. The van der Waals surface area contributed by atoms with E-state index in [-0.39, 0.29) is 19.1 Å². The van der Waals surface area contributed by atoms with Gasteiger partial charge in [-0.15, -0.1) is 10.2 Å². The lowest BCUT2D eigenvalue weighted by molar-refractivity contribution is -0.123. The van der Waals surface area contributed by atoms with Gasteiger partial charge in [0.05, 0.1) is 6.54 Å². The molecule has 2 aromatic heterocycles. The van der Waals surface area contributed by atoms with Gasteiger partial charge in [-0.05, 0) is 39.0 Å². The summed E-state index contributed by atoms with van der Waals surface area (Å²) in [5.41, 5.74) is 3.00. The first-order valence-corrected chi connectivity index (χ1v) is 7.67. The fourth-order valence-corrected chi connectivity index (χ4v) is 2.42. The Bertz CT molecular complexity index is 871. The molecule has 1 aromatic carbocycles. The van der Waals surface area contributed by atoms with Crippen LogP contribution in [0, 0.1) is 20.8 Å². The van der Waals surface area contributed by atoms with Gasteiger partial charge >= 0.3 is 0 Å². The quantitative estimate of drug-likeness (QED) is 0.773. The van der Waals surface area contributed by atoms with Crippen molar-refractivity contribution in [3.63, 3.8) is 0 Å². The molecule has 0 aliphatic rings. The molecule has 0 atom stereocenters. The lowest BCUT2D eigenvalue weighted by Gasteiger charge is -2.08. The Labute approximate surface area is 139 Å². The van der Waals surface area contributed by atoms with Crippen LogP contribution < -0.4 is 10.1 Å². The predicted octanol–water partition coefficient (Wildman–Crippen LogP) is 1.74. The topological polar surface area (TPSA) is 81.4 Å². The van der Waals surface area contributed by atoms with Crippen LogP contribution in [0.4, 0.5) is 0 Å². The van der Waals surface area contributed by atoms with E-state index in [2.05, 4.69) is 20.5 Å². The highest BCUT2D eigenvalue weighted by Gasteiger charge is 2.11. The maximum atomic E-state index is 11.9. The Morgan fingerprint density at radius 2 is 1.92 bits per heavy atom. The first-order chi connectivity index (χ1) is 11.5. The lowest BCUT2D eigenvalue weighted by atomic mass is 10.2. The summed E-state index contributed by atoms with van der Waals surface area (Å²) in [6.45, 7) is 6.08. The van der Waals surface area contributed by atoms with E-state index < -0.39 is 0 Å². The Hall–Kier alpha value is -2.96. The average Bonchev–Trinajstić information content (AvgIpc) is 2.95. The normalized spacial score (nSPS) is 10.8. The number of fused-ring (bicyclic) bond motifs is 1. The van der Waals surface area contributed by atoms with Crippen LogP contribution in [-0.4, -0.2) is 32.1 Å². The van der Waals surface area contributed by atoms with Gasteiger partial charge in [0, 0.05) is 11.4 Å². The molecule has 0 aliphatic carbocycles. The second kappa shape index (κ2) is 6.66. The third-order valence-electron chi connectivity index (χ3n) is 3.59. The van der Waals surface area contributed by atoms with Crippen molar-refractivity contribution >= 4 is 11.7 Å². The number of hydrogen-bond donors (Lipinski definition) is 1. The van der Waals surface area contributed by atoms with Crippen molar-refractivity contribution in [3.05, 3.63) is 53.1 Å². The third-order valence-corrected chi connectivity index (χ3v) is 3.59. The SMILES string of the molecule is Cc1ccc(OCC(=O)NCc2nnc3nc(C)cc(C)n23)cc1. The van der Waals surface area contributed by atoms with Gasteiger partial charge in [0.2, 0.25) is 0 Å². The van der Waals surface area contributed by atoms with Crippen molar-refractivity contribution in [3.8, 4) is 5.75 Å². The van der Waals surface area contributed by atoms with E-state index in [0.29, 0.717) is 17.4 Å². The summed E-state index contributed by atoms with van der Waals surface area (Å²) in [5.74, 6) is 1.62. The van der Waals surface area contributed by atoms with Crippen molar-refractivity contribution in [1.29, 1.82) is 0 Å². The Morgan fingerprint density at radius 1 is 1.17 bits per heavy atom. The number of nitrogens with zero attached hydrogens (tertiary/aromatic N) is 4. The van der Waals surface area contributed by atoms with Crippen LogP contribution in [0.15, 0.2) is 30.3 Å².